The van der Waals surface area contributed by atoms with Gasteiger partial charge in [0.15, 0.2) is 0 Å². The molecular weight excluding hydrogens is 404 g/mol. The molecule has 0 heterocycles. The first-order chi connectivity index (χ1) is 15.9. The molecule has 33 heavy (non-hydrogen) atoms. The number of rotatable bonds is 11. The summed E-state index contributed by atoms with van der Waals surface area (Å²) < 4.78 is 0. The lowest BCUT2D eigenvalue weighted by Crippen LogP contribution is -1.98. The van der Waals surface area contributed by atoms with Crippen LogP contribution in [0.1, 0.15) is 74.9 Å². The van der Waals surface area contributed by atoms with Crippen molar-refractivity contribution < 1.29 is 9.90 Å². The number of aryl methyl sites for hydroxylation is 1. The van der Waals surface area contributed by atoms with Gasteiger partial charge in [0, 0.05) is 0 Å². The van der Waals surface area contributed by atoms with Crippen LogP contribution in [0.3, 0.4) is 0 Å². The largest absolute Gasteiger partial charge is 0.478 e. The van der Waals surface area contributed by atoms with Crippen LogP contribution < -0.4 is 0 Å². The third-order valence-electron chi connectivity index (χ3n) is 6.93. The molecule has 2 unspecified atom stereocenters. The number of carbonyl (C=O) groups is 1. The maximum atomic E-state index is 11.3. The smallest absolute Gasteiger partial charge is 0.335 e. The molecule has 2 nitrogen and oxygen atoms in total. The minimum atomic E-state index is -0.893. The molecule has 174 valence electrons. The van der Waals surface area contributed by atoms with Gasteiger partial charge in [0.1, 0.15) is 0 Å². The van der Waals surface area contributed by atoms with Crippen LogP contribution in [-0.2, 0) is 12.8 Å². The summed E-state index contributed by atoms with van der Waals surface area (Å²) in [6, 6.07) is 23.0. The van der Waals surface area contributed by atoms with Gasteiger partial charge in [-0.15, -0.1) is 0 Å². The molecule has 0 aliphatic carbocycles. The molecule has 0 radical (unpaired) electrons. The van der Waals surface area contributed by atoms with Gasteiger partial charge in [-0.2, -0.15) is 0 Å². The normalized spacial score (nSPS) is 13.0. The summed E-state index contributed by atoms with van der Waals surface area (Å²) in [5.74, 6) is 0.567. The van der Waals surface area contributed by atoms with E-state index in [0.29, 0.717) is 11.5 Å². The Morgan fingerprint density at radius 1 is 0.758 bits per heavy atom. The topological polar surface area (TPSA) is 37.3 Å². The van der Waals surface area contributed by atoms with Crippen LogP contribution in [-0.4, -0.2) is 11.1 Å². The second kappa shape index (κ2) is 11.8. The maximum Gasteiger partial charge on any atom is 0.335 e. The molecule has 1 N–H and O–H groups in total. The summed E-state index contributed by atoms with van der Waals surface area (Å²) in [6.45, 7) is 9.14. The molecule has 3 aromatic rings. The minimum Gasteiger partial charge on any atom is -0.478 e. The number of carboxylic acid groups (broad SMARTS) is 1. The van der Waals surface area contributed by atoms with Gasteiger partial charge >= 0.3 is 5.97 Å². The first-order valence-corrected chi connectivity index (χ1v) is 12.5. The monoisotopic (exact) mass is 442 g/mol. The number of hydrogen-bond acceptors (Lipinski definition) is 1. The first-order valence-electron chi connectivity index (χ1n) is 12.5. The van der Waals surface area contributed by atoms with Crippen LogP contribution in [0.2, 0.25) is 0 Å². The summed E-state index contributed by atoms with van der Waals surface area (Å²) in [6.07, 6.45) is 7.08. The SMILES string of the molecule is CCC(C)CCCc1ccc(-c2ccc(C(=O)O)cc2)c(-c2ccc(CC(C)CC)cc2)c1. The van der Waals surface area contributed by atoms with E-state index in [0.717, 1.165) is 29.9 Å². The van der Waals surface area contributed by atoms with E-state index in [2.05, 4.69) is 70.2 Å². The zero-order chi connectivity index (χ0) is 23.8. The van der Waals surface area contributed by atoms with E-state index >= 15 is 0 Å². The Labute approximate surface area is 199 Å². The van der Waals surface area contributed by atoms with E-state index in [-0.39, 0.29) is 0 Å². The lowest BCUT2D eigenvalue weighted by Gasteiger charge is -2.15. The Balaban J connectivity index is 1.94. The third-order valence-corrected chi connectivity index (χ3v) is 6.93. The van der Waals surface area contributed by atoms with Gasteiger partial charge in [-0.25, -0.2) is 4.79 Å². The summed E-state index contributed by atoms with van der Waals surface area (Å²) >= 11 is 0. The van der Waals surface area contributed by atoms with Crippen molar-refractivity contribution in [2.45, 2.75) is 66.2 Å². The highest BCUT2D eigenvalue weighted by molar-refractivity contribution is 5.89. The van der Waals surface area contributed by atoms with E-state index in [4.69, 9.17) is 0 Å². The van der Waals surface area contributed by atoms with E-state index in [1.807, 2.05) is 12.1 Å². The van der Waals surface area contributed by atoms with Gasteiger partial charge in [0.2, 0.25) is 0 Å². The van der Waals surface area contributed by atoms with Crippen molar-refractivity contribution in [3.63, 3.8) is 0 Å². The van der Waals surface area contributed by atoms with Crippen LogP contribution in [0, 0.1) is 11.8 Å². The fraction of sp³-hybridized carbons (Fsp3) is 0.387. The number of carboxylic acids is 1. The first kappa shape index (κ1) is 24.8. The van der Waals surface area contributed by atoms with E-state index in [1.54, 1.807) is 12.1 Å². The highest BCUT2D eigenvalue weighted by atomic mass is 16.4. The van der Waals surface area contributed by atoms with Crippen molar-refractivity contribution in [3.8, 4) is 22.3 Å². The molecule has 3 rings (SSSR count). The molecule has 0 saturated carbocycles. The van der Waals surface area contributed by atoms with E-state index < -0.39 is 5.97 Å². The molecule has 0 aliphatic heterocycles. The number of hydrogen-bond donors (Lipinski definition) is 1. The van der Waals surface area contributed by atoms with E-state index in [1.165, 1.54) is 47.9 Å². The molecule has 0 aromatic heterocycles. The fourth-order valence-electron chi connectivity index (χ4n) is 4.26. The van der Waals surface area contributed by atoms with Gasteiger partial charge in [-0.1, -0.05) is 102 Å². The Kier molecular flexibility index (Phi) is 8.88. The molecular formula is C31H38O2. The van der Waals surface area contributed by atoms with Crippen LogP contribution in [0.15, 0.2) is 66.7 Å². The molecule has 3 aromatic carbocycles. The predicted molar refractivity (Wildman–Crippen MR) is 140 cm³/mol. The molecule has 0 bridgehead atoms. The zero-order valence-corrected chi connectivity index (χ0v) is 20.6. The van der Waals surface area contributed by atoms with Crippen molar-refractivity contribution in [1.82, 2.24) is 0 Å². The lowest BCUT2D eigenvalue weighted by atomic mass is 9.90. The summed E-state index contributed by atoms with van der Waals surface area (Å²) in [5.41, 5.74) is 7.68. The van der Waals surface area contributed by atoms with Gasteiger partial charge in [-0.05, 0) is 76.6 Å². The Morgan fingerprint density at radius 2 is 1.33 bits per heavy atom. The second-order valence-electron chi connectivity index (χ2n) is 9.58. The molecule has 0 amide bonds. The zero-order valence-electron chi connectivity index (χ0n) is 20.6. The number of aromatic carboxylic acids is 1. The van der Waals surface area contributed by atoms with Crippen LogP contribution in [0.5, 0.6) is 0 Å². The Hall–Kier alpha value is -2.87. The van der Waals surface area contributed by atoms with Gasteiger partial charge in [-0.3, -0.25) is 0 Å². The highest BCUT2D eigenvalue weighted by Gasteiger charge is 2.11. The average molecular weight is 443 g/mol. The summed E-state index contributed by atoms with van der Waals surface area (Å²) in [5, 5.41) is 9.26. The molecule has 2 heteroatoms. The standard InChI is InChI=1S/C31H38O2/c1-5-22(3)8-7-9-24-12-19-29(26-15-17-28(18-16-26)31(32)33)30(21-24)27-13-10-25(11-14-27)20-23(4)6-2/h10-19,21-23H,5-9,20H2,1-4H3,(H,32,33). The molecule has 2 atom stereocenters. The maximum absolute atomic E-state index is 11.3. The van der Waals surface area contributed by atoms with Crippen molar-refractivity contribution in [2.24, 2.45) is 11.8 Å². The van der Waals surface area contributed by atoms with Crippen molar-refractivity contribution in [3.05, 3.63) is 83.4 Å². The van der Waals surface area contributed by atoms with Crippen LogP contribution >= 0.6 is 0 Å². The fourth-order valence-corrected chi connectivity index (χ4v) is 4.26. The molecule has 0 fully saturated rings. The number of benzene rings is 3. The molecule has 0 saturated heterocycles. The third kappa shape index (κ3) is 6.81. The van der Waals surface area contributed by atoms with Gasteiger partial charge < -0.3 is 5.11 Å². The summed E-state index contributed by atoms with van der Waals surface area (Å²) in [7, 11) is 0. The van der Waals surface area contributed by atoms with Crippen molar-refractivity contribution >= 4 is 5.97 Å². The van der Waals surface area contributed by atoms with Crippen LogP contribution in [0.4, 0.5) is 0 Å². The lowest BCUT2D eigenvalue weighted by molar-refractivity contribution is 0.0697. The Morgan fingerprint density at radius 3 is 1.94 bits per heavy atom. The Bertz CT molecular complexity index is 1030. The van der Waals surface area contributed by atoms with Crippen molar-refractivity contribution in [1.29, 1.82) is 0 Å². The van der Waals surface area contributed by atoms with Gasteiger partial charge in [0.25, 0.3) is 0 Å². The van der Waals surface area contributed by atoms with Gasteiger partial charge in [0.05, 0.1) is 5.56 Å². The molecule has 0 aliphatic rings. The second-order valence-corrected chi connectivity index (χ2v) is 9.58. The van der Waals surface area contributed by atoms with Crippen LogP contribution in [0.25, 0.3) is 22.3 Å². The quantitative estimate of drug-likeness (QED) is 0.322. The average Bonchev–Trinajstić information content (AvgIpc) is 2.84. The summed E-state index contributed by atoms with van der Waals surface area (Å²) in [4.78, 5) is 11.3. The highest BCUT2D eigenvalue weighted by Crippen LogP contribution is 2.34. The predicted octanol–water partition coefficient (Wildman–Crippen LogP) is 8.68. The molecule has 0 spiro atoms. The minimum absolute atomic E-state index is 0.316. The van der Waals surface area contributed by atoms with Crippen molar-refractivity contribution in [2.75, 3.05) is 0 Å². The van der Waals surface area contributed by atoms with E-state index in [9.17, 15) is 9.90 Å².